The molecule has 1 N–H and O–H groups in total. The van der Waals surface area contributed by atoms with Gasteiger partial charge < -0.3 is 0 Å². The van der Waals surface area contributed by atoms with Crippen LogP contribution in [0.1, 0.15) is 23.0 Å². The average molecular weight is 399 g/mol. The summed E-state index contributed by atoms with van der Waals surface area (Å²) in [4.78, 5) is 24.8. The van der Waals surface area contributed by atoms with Gasteiger partial charge in [0, 0.05) is 22.0 Å². The molecule has 25 heavy (non-hydrogen) atoms. The summed E-state index contributed by atoms with van der Waals surface area (Å²) in [5.74, 6) is -0.471. The topological polar surface area (TPSA) is 76.3 Å². The lowest BCUT2D eigenvalue weighted by Crippen LogP contribution is -2.28. The van der Waals surface area contributed by atoms with E-state index in [9.17, 15) is 9.59 Å². The van der Waals surface area contributed by atoms with Crippen molar-refractivity contribution >= 4 is 38.8 Å². The fourth-order valence-corrected chi connectivity index (χ4v) is 2.80. The van der Waals surface area contributed by atoms with Crippen molar-refractivity contribution in [2.45, 2.75) is 13.5 Å². The number of aryl methyl sites for hydroxylation is 1. The van der Waals surface area contributed by atoms with E-state index in [-0.39, 0.29) is 11.3 Å². The molecule has 2 aromatic carbocycles. The molecule has 0 unspecified atom stereocenters. The fraction of sp³-hybridized carbons (Fsp3) is 0.111. The predicted molar refractivity (Wildman–Crippen MR) is 101 cm³/mol. The number of hydrazone groups is 1. The lowest BCUT2D eigenvalue weighted by Gasteiger charge is -2.08. The maximum Gasteiger partial charge on any atom is 0.292 e. The SMILES string of the molecule is CCn1nc(C(=O)N/N=C/c2ccccc2Br)c2ccccc2c1=O. The van der Waals surface area contributed by atoms with Gasteiger partial charge in [-0.1, -0.05) is 52.3 Å². The molecule has 7 heteroatoms. The highest BCUT2D eigenvalue weighted by atomic mass is 79.9. The maximum atomic E-state index is 12.5. The lowest BCUT2D eigenvalue weighted by atomic mass is 10.1. The Morgan fingerprint density at radius 1 is 1.20 bits per heavy atom. The summed E-state index contributed by atoms with van der Waals surface area (Å²) in [6, 6.07) is 14.4. The van der Waals surface area contributed by atoms with Crippen molar-refractivity contribution in [1.29, 1.82) is 0 Å². The number of hydrogen-bond donors (Lipinski definition) is 1. The minimum Gasteiger partial charge on any atom is -0.267 e. The fourth-order valence-electron chi connectivity index (χ4n) is 2.41. The zero-order chi connectivity index (χ0) is 17.8. The van der Waals surface area contributed by atoms with Gasteiger partial charge in [0.25, 0.3) is 11.5 Å². The molecule has 3 aromatic rings. The monoisotopic (exact) mass is 398 g/mol. The van der Waals surface area contributed by atoms with E-state index in [1.807, 2.05) is 24.3 Å². The van der Waals surface area contributed by atoms with Crippen molar-refractivity contribution in [2.24, 2.45) is 5.10 Å². The van der Waals surface area contributed by atoms with Gasteiger partial charge in [-0.05, 0) is 19.1 Å². The van der Waals surface area contributed by atoms with Crippen molar-refractivity contribution in [3.8, 4) is 0 Å². The molecule has 1 aromatic heterocycles. The van der Waals surface area contributed by atoms with Crippen LogP contribution in [-0.4, -0.2) is 21.9 Å². The van der Waals surface area contributed by atoms with Crippen molar-refractivity contribution in [3.63, 3.8) is 0 Å². The number of carbonyl (C=O) groups is 1. The number of aromatic nitrogens is 2. The maximum absolute atomic E-state index is 12.5. The van der Waals surface area contributed by atoms with Crippen LogP contribution in [0.2, 0.25) is 0 Å². The molecule has 1 heterocycles. The van der Waals surface area contributed by atoms with Gasteiger partial charge in [0.15, 0.2) is 5.69 Å². The van der Waals surface area contributed by atoms with Gasteiger partial charge in [-0.25, -0.2) is 10.1 Å². The van der Waals surface area contributed by atoms with Gasteiger partial charge in [0.05, 0.1) is 11.6 Å². The standard InChI is InChI=1S/C18H15BrN4O2/c1-2-23-18(25)14-9-5-4-8-13(14)16(22-23)17(24)21-20-11-12-7-3-6-10-15(12)19/h3-11H,2H2,1H3,(H,21,24)/b20-11+. The molecule has 0 atom stereocenters. The molecule has 0 bridgehead atoms. The van der Waals surface area contributed by atoms with Crippen molar-refractivity contribution in [3.05, 3.63) is 74.6 Å². The van der Waals surface area contributed by atoms with Crippen molar-refractivity contribution in [1.82, 2.24) is 15.2 Å². The van der Waals surface area contributed by atoms with E-state index in [0.717, 1.165) is 10.0 Å². The molecule has 0 spiro atoms. The van der Waals surface area contributed by atoms with E-state index < -0.39 is 5.91 Å². The number of rotatable bonds is 4. The van der Waals surface area contributed by atoms with E-state index in [1.54, 1.807) is 37.4 Å². The highest BCUT2D eigenvalue weighted by molar-refractivity contribution is 9.10. The van der Waals surface area contributed by atoms with Crippen LogP contribution in [0.5, 0.6) is 0 Å². The number of amides is 1. The van der Waals surface area contributed by atoms with Gasteiger partial charge in [-0.3, -0.25) is 9.59 Å². The second-order valence-electron chi connectivity index (χ2n) is 5.24. The normalized spacial score (nSPS) is 11.1. The third-order valence-corrected chi connectivity index (χ3v) is 4.38. The van der Waals surface area contributed by atoms with Crippen LogP contribution in [0.4, 0.5) is 0 Å². The largest absolute Gasteiger partial charge is 0.292 e. The summed E-state index contributed by atoms with van der Waals surface area (Å²) in [6.07, 6.45) is 1.54. The Kier molecular flexibility index (Phi) is 5.04. The van der Waals surface area contributed by atoms with Gasteiger partial charge in [0.2, 0.25) is 0 Å². The molecule has 126 valence electrons. The second kappa shape index (κ2) is 7.40. The number of nitrogens with zero attached hydrogens (tertiary/aromatic N) is 3. The van der Waals surface area contributed by atoms with Crippen LogP contribution in [0.15, 0.2) is 62.9 Å². The molecule has 0 aliphatic heterocycles. The summed E-state index contributed by atoms with van der Waals surface area (Å²) in [6.45, 7) is 2.18. The molecule has 1 amide bonds. The Morgan fingerprint density at radius 3 is 2.60 bits per heavy atom. The molecule has 0 saturated carbocycles. The van der Waals surface area contributed by atoms with Gasteiger partial charge in [0.1, 0.15) is 0 Å². The van der Waals surface area contributed by atoms with E-state index in [1.165, 1.54) is 4.68 Å². The van der Waals surface area contributed by atoms with Crippen LogP contribution in [0.25, 0.3) is 10.8 Å². The number of halogens is 1. The van der Waals surface area contributed by atoms with Gasteiger partial charge in [-0.15, -0.1) is 0 Å². The van der Waals surface area contributed by atoms with E-state index in [0.29, 0.717) is 17.3 Å². The third kappa shape index (κ3) is 3.51. The van der Waals surface area contributed by atoms with Crippen molar-refractivity contribution < 1.29 is 4.79 Å². The Bertz CT molecular complexity index is 1030. The zero-order valence-electron chi connectivity index (χ0n) is 13.4. The lowest BCUT2D eigenvalue weighted by molar-refractivity contribution is 0.0949. The number of nitrogens with one attached hydrogen (secondary N) is 1. The first-order valence-electron chi connectivity index (χ1n) is 7.69. The molecule has 0 fully saturated rings. The van der Waals surface area contributed by atoms with Crippen LogP contribution in [0, 0.1) is 0 Å². The van der Waals surface area contributed by atoms with Gasteiger partial charge in [-0.2, -0.15) is 10.2 Å². The van der Waals surface area contributed by atoms with E-state index in [4.69, 9.17) is 0 Å². The minimum atomic E-state index is -0.471. The smallest absolute Gasteiger partial charge is 0.267 e. The first-order chi connectivity index (χ1) is 12.1. The third-order valence-electron chi connectivity index (χ3n) is 3.66. The second-order valence-corrected chi connectivity index (χ2v) is 6.09. The zero-order valence-corrected chi connectivity index (χ0v) is 15.0. The Balaban J connectivity index is 1.94. The predicted octanol–water partition coefficient (Wildman–Crippen LogP) is 2.94. The van der Waals surface area contributed by atoms with Crippen LogP contribution in [0.3, 0.4) is 0 Å². The summed E-state index contributed by atoms with van der Waals surface area (Å²) >= 11 is 3.41. The molecule has 0 aliphatic rings. The highest BCUT2D eigenvalue weighted by Crippen LogP contribution is 2.14. The summed E-state index contributed by atoms with van der Waals surface area (Å²) < 4.78 is 2.14. The molecule has 6 nitrogen and oxygen atoms in total. The Labute approximate surface area is 152 Å². The first-order valence-corrected chi connectivity index (χ1v) is 8.49. The average Bonchev–Trinajstić information content (AvgIpc) is 2.64. The minimum absolute atomic E-state index is 0.168. The van der Waals surface area contributed by atoms with E-state index >= 15 is 0 Å². The summed E-state index contributed by atoms with van der Waals surface area (Å²) in [7, 11) is 0. The Hall–Kier alpha value is -2.80. The molecular formula is C18H15BrN4O2. The number of carbonyl (C=O) groups excluding carboxylic acids is 1. The van der Waals surface area contributed by atoms with Crippen LogP contribution < -0.4 is 11.0 Å². The number of hydrogen-bond acceptors (Lipinski definition) is 4. The molecule has 3 rings (SSSR count). The molecule has 0 saturated heterocycles. The van der Waals surface area contributed by atoms with E-state index in [2.05, 4.69) is 31.6 Å². The molecule has 0 aliphatic carbocycles. The molecular weight excluding hydrogens is 384 g/mol. The summed E-state index contributed by atoms with van der Waals surface area (Å²) in [5.41, 5.74) is 3.25. The van der Waals surface area contributed by atoms with Crippen LogP contribution >= 0.6 is 15.9 Å². The number of benzene rings is 2. The number of fused-ring (bicyclic) bond motifs is 1. The van der Waals surface area contributed by atoms with Crippen molar-refractivity contribution in [2.75, 3.05) is 0 Å². The first kappa shape index (κ1) is 17.0. The highest BCUT2D eigenvalue weighted by Gasteiger charge is 2.15. The van der Waals surface area contributed by atoms with Crippen LogP contribution in [-0.2, 0) is 6.54 Å². The summed E-state index contributed by atoms with van der Waals surface area (Å²) in [5, 5.41) is 9.12. The Morgan fingerprint density at radius 2 is 1.88 bits per heavy atom. The quantitative estimate of drug-likeness (QED) is 0.542. The van der Waals surface area contributed by atoms with Gasteiger partial charge >= 0.3 is 0 Å². The molecule has 0 radical (unpaired) electrons.